The van der Waals surface area contributed by atoms with Gasteiger partial charge in [-0.05, 0) is 70.6 Å². The van der Waals surface area contributed by atoms with Crippen molar-refractivity contribution in [1.29, 1.82) is 0 Å². The van der Waals surface area contributed by atoms with Crippen LogP contribution < -0.4 is 0 Å². The van der Waals surface area contributed by atoms with Crippen molar-refractivity contribution < 1.29 is 19.4 Å². The van der Waals surface area contributed by atoms with Crippen molar-refractivity contribution in [3.63, 3.8) is 0 Å². The van der Waals surface area contributed by atoms with Crippen molar-refractivity contribution in [3.8, 4) is 0 Å². The summed E-state index contributed by atoms with van der Waals surface area (Å²) in [6.45, 7) is 4.42. The molecule has 0 aliphatic heterocycles. The fraction of sp³-hybridized carbons (Fsp3) is 0.810. The first-order valence-electron chi connectivity index (χ1n) is 20.0. The summed E-state index contributed by atoms with van der Waals surface area (Å²) in [4.78, 5) is 23.2. The van der Waals surface area contributed by atoms with Gasteiger partial charge in [0, 0.05) is 12.8 Å². The summed E-state index contributed by atoms with van der Waals surface area (Å²) in [7, 11) is 0. The molecule has 0 saturated heterocycles. The van der Waals surface area contributed by atoms with E-state index < -0.39 is 5.97 Å². The highest BCUT2D eigenvalue weighted by Gasteiger charge is 2.14. The number of esters is 1. The van der Waals surface area contributed by atoms with Crippen molar-refractivity contribution in [1.82, 2.24) is 0 Å². The van der Waals surface area contributed by atoms with Crippen LogP contribution in [0, 0.1) is 0 Å². The molecule has 0 heterocycles. The van der Waals surface area contributed by atoms with Gasteiger partial charge in [-0.15, -0.1) is 0 Å². The maximum atomic E-state index is 12.6. The molecule has 0 amide bonds. The Morgan fingerprint density at radius 2 is 0.913 bits per heavy atom. The number of carbonyl (C=O) groups is 2. The van der Waals surface area contributed by atoms with E-state index in [2.05, 4.69) is 50.3 Å². The number of unbranched alkanes of at least 4 members (excludes halogenated alkanes) is 21. The number of carbonyl (C=O) groups excluding carboxylic acids is 1. The zero-order chi connectivity index (χ0) is 33.6. The zero-order valence-electron chi connectivity index (χ0n) is 30.6. The molecule has 0 aliphatic rings. The molecule has 0 radical (unpaired) electrons. The maximum Gasteiger partial charge on any atom is 0.306 e. The van der Waals surface area contributed by atoms with Crippen LogP contribution in [0.2, 0.25) is 0 Å². The van der Waals surface area contributed by atoms with Gasteiger partial charge in [0.2, 0.25) is 0 Å². The molecular formula is C42H76O4. The van der Waals surface area contributed by atoms with E-state index in [-0.39, 0.29) is 12.1 Å². The molecule has 0 fully saturated rings. The predicted molar refractivity (Wildman–Crippen MR) is 199 cm³/mol. The zero-order valence-corrected chi connectivity index (χ0v) is 30.6. The van der Waals surface area contributed by atoms with Crippen molar-refractivity contribution >= 4 is 11.9 Å². The minimum atomic E-state index is -0.668. The summed E-state index contributed by atoms with van der Waals surface area (Å²) in [5, 5.41) is 8.68. The van der Waals surface area contributed by atoms with Crippen LogP contribution in [0.4, 0.5) is 0 Å². The summed E-state index contributed by atoms with van der Waals surface area (Å²) in [6.07, 6.45) is 49.0. The van der Waals surface area contributed by atoms with Crippen molar-refractivity contribution in [2.75, 3.05) is 0 Å². The van der Waals surface area contributed by atoms with Gasteiger partial charge in [-0.1, -0.05) is 166 Å². The number of ether oxygens (including phenoxy) is 1. The van der Waals surface area contributed by atoms with Gasteiger partial charge in [0.05, 0.1) is 0 Å². The average Bonchev–Trinajstić information content (AvgIpc) is 3.04. The summed E-state index contributed by atoms with van der Waals surface area (Å²) in [5.74, 6) is -0.641. The second kappa shape index (κ2) is 37.6. The van der Waals surface area contributed by atoms with Crippen molar-refractivity contribution in [3.05, 3.63) is 36.5 Å². The van der Waals surface area contributed by atoms with Crippen LogP contribution >= 0.6 is 0 Å². The lowest BCUT2D eigenvalue weighted by Gasteiger charge is -2.18. The monoisotopic (exact) mass is 645 g/mol. The van der Waals surface area contributed by atoms with Gasteiger partial charge in [0.25, 0.3) is 0 Å². The van der Waals surface area contributed by atoms with Crippen LogP contribution in [0.5, 0.6) is 0 Å². The molecule has 1 atom stereocenters. The SMILES string of the molecule is CC/C=C\C/C=C\C/C=C\CCCCCCCC(=O)OC(CCCCCCC)CCCCCCCCCCCCCCCC(=O)O. The third kappa shape index (κ3) is 36.6. The normalized spacial score (nSPS) is 12.6. The number of aliphatic carboxylic acids is 1. The number of rotatable bonds is 36. The first-order valence-corrected chi connectivity index (χ1v) is 20.0. The maximum absolute atomic E-state index is 12.6. The fourth-order valence-corrected chi connectivity index (χ4v) is 5.96. The molecule has 0 aliphatic carbocycles. The van der Waals surface area contributed by atoms with Gasteiger partial charge < -0.3 is 9.84 Å². The molecule has 1 unspecified atom stereocenters. The lowest BCUT2D eigenvalue weighted by molar-refractivity contribution is -0.150. The third-order valence-electron chi connectivity index (χ3n) is 8.88. The van der Waals surface area contributed by atoms with Crippen molar-refractivity contribution in [2.45, 2.75) is 219 Å². The highest BCUT2D eigenvalue weighted by Crippen LogP contribution is 2.19. The Balaban J connectivity index is 3.90. The molecule has 0 bridgehead atoms. The fourth-order valence-electron chi connectivity index (χ4n) is 5.96. The molecule has 46 heavy (non-hydrogen) atoms. The number of carboxylic acids is 1. The third-order valence-corrected chi connectivity index (χ3v) is 8.88. The predicted octanol–water partition coefficient (Wildman–Crippen LogP) is 13.8. The topological polar surface area (TPSA) is 63.6 Å². The average molecular weight is 645 g/mol. The Hall–Kier alpha value is -1.84. The van der Waals surface area contributed by atoms with Gasteiger partial charge in [-0.2, -0.15) is 0 Å². The molecular weight excluding hydrogens is 568 g/mol. The van der Waals surface area contributed by atoms with Gasteiger partial charge in [-0.25, -0.2) is 0 Å². The highest BCUT2D eigenvalue weighted by molar-refractivity contribution is 5.69. The van der Waals surface area contributed by atoms with Gasteiger partial charge in [-0.3, -0.25) is 9.59 Å². The molecule has 0 aromatic heterocycles. The van der Waals surface area contributed by atoms with Crippen molar-refractivity contribution in [2.24, 2.45) is 0 Å². The Bertz CT molecular complexity index is 738. The highest BCUT2D eigenvalue weighted by atomic mass is 16.5. The number of hydrogen-bond acceptors (Lipinski definition) is 3. The Morgan fingerprint density at radius 1 is 0.500 bits per heavy atom. The second-order valence-corrected chi connectivity index (χ2v) is 13.4. The van der Waals surface area contributed by atoms with E-state index in [1.165, 1.54) is 122 Å². The molecule has 0 spiro atoms. The largest absolute Gasteiger partial charge is 0.481 e. The van der Waals surface area contributed by atoms with E-state index in [4.69, 9.17) is 9.84 Å². The van der Waals surface area contributed by atoms with Gasteiger partial charge in [0.15, 0.2) is 0 Å². The van der Waals surface area contributed by atoms with E-state index in [1.54, 1.807) is 0 Å². The minimum absolute atomic E-state index is 0.0278. The van der Waals surface area contributed by atoms with Crippen LogP contribution in [0.3, 0.4) is 0 Å². The van der Waals surface area contributed by atoms with Crippen LogP contribution in [-0.2, 0) is 14.3 Å². The van der Waals surface area contributed by atoms with E-state index >= 15 is 0 Å². The van der Waals surface area contributed by atoms with E-state index in [0.29, 0.717) is 12.8 Å². The first-order chi connectivity index (χ1) is 22.6. The van der Waals surface area contributed by atoms with Crippen LogP contribution in [-0.4, -0.2) is 23.1 Å². The minimum Gasteiger partial charge on any atom is -0.481 e. The van der Waals surface area contributed by atoms with E-state index in [1.807, 2.05) is 0 Å². The summed E-state index contributed by atoms with van der Waals surface area (Å²) >= 11 is 0. The standard InChI is InChI=1S/C42H76O4/c1-3-5-7-9-10-11-12-13-14-18-21-24-27-31-35-39-42(45)46-40(36-32-28-8-6-4-2)37-33-29-25-22-19-16-15-17-20-23-26-30-34-38-41(43)44/h5,7,10-11,13-14,40H,3-4,6,8-9,12,15-39H2,1-2H3,(H,43,44)/b7-5-,11-10-,14-13-. The molecule has 0 aromatic carbocycles. The number of hydrogen-bond donors (Lipinski definition) is 1. The van der Waals surface area contributed by atoms with E-state index in [0.717, 1.165) is 64.2 Å². The molecule has 4 nitrogen and oxygen atoms in total. The summed E-state index contributed by atoms with van der Waals surface area (Å²) in [6, 6.07) is 0. The molecule has 0 saturated carbocycles. The van der Waals surface area contributed by atoms with Gasteiger partial charge in [0.1, 0.15) is 6.10 Å². The van der Waals surface area contributed by atoms with Crippen LogP contribution in [0.15, 0.2) is 36.5 Å². The van der Waals surface area contributed by atoms with E-state index in [9.17, 15) is 9.59 Å². The second-order valence-electron chi connectivity index (χ2n) is 13.4. The quantitative estimate of drug-likeness (QED) is 0.0419. The summed E-state index contributed by atoms with van der Waals surface area (Å²) < 4.78 is 6.02. The molecule has 0 rings (SSSR count). The van der Waals surface area contributed by atoms with Crippen LogP contribution in [0.25, 0.3) is 0 Å². The Morgan fingerprint density at radius 3 is 1.41 bits per heavy atom. The lowest BCUT2D eigenvalue weighted by Crippen LogP contribution is -2.18. The smallest absolute Gasteiger partial charge is 0.306 e. The van der Waals surface area contributed by atoms with Gasteiger partial charge >= 0.3 is 11.9 Å². The summed E-state index contributed by atoms with van der Waals surface area (Å²) in [5.41, 5.74) is 0. The lowest BCUT2D eigenvalue weighted by atomic mass is 10.0. The molecule has 4 heteroatoms. The number of carboxylic acid groups (broad SMARTS) is 1. The molecule has 1 N–H and O–H groups in total. The molecule has 268 valence electrons. The Labute approximate surface area is 286 Å². The molecule has 0 aromatic rings. The Kier molecular flexibility index (Phi) is 36.1. The van der Waals surface area contributed by atoms with Crippen LogP contribution in [0.1, 0.15) is 213 Å². The first kappa shape index (κ1) is 44.2. The number of allylic oxidation sites excluding steroid dienone is 6.